The van der Waals surface area contributed by atoms with E-state index in [-0.39, 0.29) is 27.1 Å². The van der Waals surface area contributed by atoms with Gasteiger partial charge in [0.1, 0.15) is 0 Å². The van der Waals surface area contributed by atoms with Gasteiger partial charge in [-0.25, -0.2) is 0 Å². The molecular formula is C26H54O2Sn. The van der Waals surface area contributed by atoms with Gasteiger partial charge in [0.25, 0.3) is 0 Å². The molecule has 0 aliphatic carbocycles. The fourth-order valence-electron chi connectivity index (χ4n) is 3.18. The van der Waals surface area contributed by atoms with E-state index in [2.05, 4.69) is 20.8 Å². The summed E-state index contributed by atoms with van der Waals surface area (Å²) in [6, 6.07) is 0. The molecule has 0 fully saturated rings. The summed E-state index contributed by atoms with van der Waals surface area (Å²) in [6.07, 6.45) is 23.9. The Morgan fingerprint density at radius 2 is 0.966 bits per heavy atom. The minimum Gasteiger partial charge on any atom is -0.466 e. The molecular weight excluding hydrogens is 463 g/mol. The molecule has 0 N–H and O–H groups in total. The third-order valence-electron chi connectivity index (χ3n) is 5.13. The van der Waals surface area contributed by atoms with Gasteiger partial charge < -0.3 is 4.74 Å². The quantitative estimate of drug-likeness (QED) is 0.0862. The topological polar surface area (TPSA) is 26.3 Å². The van der Waals surface area contributed by atoms with Crippen LogP contribution in [0.5, 0.6) is 0 Å². The molecule has 0 unspecified atom stereocenters. The van der Waals surface area contributed by atoms with E-state index in [1.54, 1.807) is 21.7 Å². The molecule has 0 aliphatic heterocycles. The van der Waals surface area contributed by atoms with Gasteiger partial charge >= 0.3 is 127 Å². The molecule has 0 amide bonds. The van der Waals surface area contributed by atoms with Gasteiger partial charge in [0.05, 0.1) is 6.61 Å². The molecule has 0 saturated carbocycles. The zero-order valence-corrected chi connectivity index (χ0v) is 23.5. The van der Waals surface area contributed by atoms with Crippen LogP contribution in [0.15, 0.2) is 0 Å². The van der Waals surface area contributed by atoms with Crippen LogP contribution in [0, 0.1) is 0 Å². The molecule has 0 atom stereocenters. The van der Waals surface area contributed by atoms with Crippen molar-refractivity contribution in [2.45, 2.75) is 152 Å². The molecule has 0 aromatic carbocycles. The van der Waals surface area contributed by atoms with Gasteiger partial charge in [-0.1, -0.05) is 33.1 Å². The summed E-state index contributed by atoms with van der Waals surface area (Å²) in [5, 5.41) is 0. The third kappa shape index (κ3) is 33.1. The Morgan fingerprint density at radius 1 is 0.552 bits per heavy atom. The van der Waals surface area contributed by atoms with Crippen LogP contribution < -0.4 is 0 Å². The Bertz CT molecular complexity index is 280. The van der Waals surface area contributed by atoms with Gasteiger partial charge in [-0.05, 0) is 12.8 Å². The summed E-state index contributed by atoms with van der Waals surface area (Å²) >= 11 is 0.0736. The first kappa shape index (κ1) is 31.5. The van der Waals surface area contributed by atoms with Crippen molar-refractivity contribution >= 4 is 27.1 Å². The van der Waals surface area contributed by atoms with Crippen LogP contribution in [-0.2, 0) is 9.53 Å². The second-order valence-corrected chi connectivity index (χ2v) is 12.6. The van der Waals surface area contributed by atoms with Crippen LogP contribution in [0.2, 0.25) is 8.87 Å². The van der Waals surface area contributed by atoms with E-state index in [1.807, 2.05) is 6.92 Å². The Morgan fingerprint density at radius 3 is 1.41 bits per heavy atom. The summed E-state index contributed by atoms with van der Waals surface area (Å²) < 4.78 is 8.30. The van der Waals surface area contributed by atoms with Crippen molar-refractivity contribution in [3.05, 3.63) is 0 Å². The van der Waals surface area contributed by atoms with Crippen molar-refractivity contribution in [2.24, 2.45) is 0 Å². The second-order valence-electron chi connectivity index (χ2n) is 8.32. The molecule has 2 radical (unpaired) electrons. The Hall–Kier alpha value is 0.269. The van der Waals surface area contributed by atoms with Gasteiger partial charge in [0.15, 0.2) is 0 Å². The van der Waals surface area contributed by atoms with Crippen LogP contribution >= 0.6 is 0 Å². The van der Waals surface area contributed by atoms with Gasteiger partial charge in [0.2, 0.25) is 0 Å². The number of carbonyl (C=O) groups excluding carboxylic acids is 1. The maximum Gasteiger partial charge on any atom is 0.305 e. The summed E-state index contributed by atoms with van der Waals surface area (Å²) in [6.45, 7) is 9.37. The number of ether oxygens (including phenoxy) is 1. The van der Waals surface area contributed by atoms with Crippen LogP contribution in [-0.4, -0.2) is 33.7 Å². The minimum atomic E-state index is -0.0472. The maximum atomic E-state index is 10.9. The predicted octanol–water partition coefficient (Wildman–Crippen LogP) is 9.16. The molecule has 0 aliphatic rings. The van der Waals surface area contributed by atoms with Crippen molar-refractivity contribution < 1.29 is 9.53 Å². The van der Waals surface area contributed by atoms with E-state index in [4.69, 9.17) is 4.74 Å². The van der Waals surface area contributed by atoms with Gasteiger partial charge in [0, 0.05) is 6.42 Å². The molecule has 0 aromatic rings. The molecule has 29 heavy (non-hydrogen) atoms. The molecule has 0 spiro atoms. The van der Waals surface area contributed by atoms with E-state index >= 15 is 0 Å². The van der Waals surface area contributed by atoms with E-state index in [1.165, 1.54) is 83.5 Å². The summed E-state index contributed by atoms with van der Waals surface area (Å²) in [7, 11) is 0. The van der Waals surface area contributed by atoms with Crippen LogP contribution in [0.1, 0.15) is 143 Å². The van der Waals surface area contributed by atoms with Crippen LogP contribution in [0.25, 0.3) is 0 Å². The van der Waals surface area contributed by atoms with E-state index in [0.29, 0.717) is 13.0 Å². The van der Waals surface area contributed by atoms with Crippen LogP contribution in [0.4, 0.5) is 0 Å². The van der Waals surface area contributed by atoms with Crippen molar-refractivity contribution in [1.29, 1.82) is 0 Å². The molecule has 0 bridgehead atoms. The van der Waals surface area contributed by atoms with E-state index < -0.39 is 0 Å². The zero-order chi connectivity index (χ0) is 21.8. The van der Waals surface area contributed by atoms with Crippen molar-refractivity contribution in [3.63, 3.8) is 0 Å². The molecule has 0 heterocycles. The number of esters is 1. The Labute approximate surface area is 194 Å². The number of hydrogen-bond acceptors (Lipinski definition) is 2. The molecule has 174 valence electrons. The van der Waals surface area contributed by atoms with E-state index in [0.717, 1.165) is 12.8 Å². The fourth-order valence-corrected chi connectivity index (χ4v) is 6.74. The fraction of sp³-hybridized carbons (Fsp3) is 0.962. The summed E-state index contributed by atoms with van der Waals surface area (Å²) in [4.78, 5) is 10.9. The Kier molecular flexibility index (Phi) is 33.0. The Balaban J connectivity index is 0. The first-order valence-corrected chi connectivity index (χ1v) is 17.1. The molecule has 2 nitrogen and oxygen atoms in total. The van der Waals surface area contributed by atoms with E-state index in [9.17, 15) is 4.79 Å². The molecule has 0 rings (SSSR count). The van der Waals surface area contributed by atoms with Crippen molar-refractivity contribution in [3.8, 4) is 0 Å². The SMILES string of the molecule is CCCCCCC[CH2][Sn][CH2]CCCCCCC.CCCCCCOC(=O)CCC. The predicted molar refractivity (Wildman–Crippen MR) is 132 cm³/mol. The second kappa shape index (κ2) is 30.5. The monoisotopic (exact) mass is 518 g/mol. The molecule has 0 aromatic heterocycles. The molecule has 0 saturated heterocycles. The third-order valence-corrected chi connectivity index (χ3v) is 9.17. The van der Waals surface area contributed by atoms with Gasteiger partial charge in [-0.15, -0.1) is 0 Å². The first-order valence-electron chi connectivity index (χ1n) is 13.1. The van der Waals surface area contributed by atoms with Gasteiger partial charge in [-0.2, -0.15) is 0 Å². The molecule has 3 heteroatoms. The maximum absolute atomic E-state index is 10.9. The smallest absolute Gasteiger partial charge is 0.305 e. The number of carbonyl (C=O) groups is 1. The summed E-state index contributed by atoms with van der Waals surface area (Å²) in [5.41, 5.74) is 0. The normalized spacial score (nSPS) is 10.5. The minimum absolute atomic E-state index is 0.0472. The van der Waals surface area contributed by atoms with Gasteiger partial charge in [-0.3, -0.25) is 4.79 Å². The number of hydrogen-bond donors (Lipinski definition) is 0. The zero-order valence-electron chi connectivity index (χ0n) is 20.7. The largest absolute Gasteiger partial charge is 0.466 e. The summed E-state index contributed by atoms with van der Waals surface area (Å²) in [5.74, 6) is -0.0472. The van der Waals surface area contributed by atoms with Crippen molar-refractivity contribution in [1.82, 2.24) is 0 Å². The van der Waals surface area contributed by atoms with Crippen LogP contribution in [0.3, 0.4) is 0 Å². The number of rotatable bonds is 21. The number of unbranched alkanes of at least 4 members (excludes halogenated alkanes) is 13. The standard InChI is InChI=1S/C10H20O2.2C8H17.Sn/c1-3-5-6-7-9-12-10(11)8-4-2;2*1-3-5-7-8-6-4-2;/h3-9H2,1-2H3;2*1,3-8H2,2H3;. The average molecular weight is 517 g/mol. The first-order chi connectivity index (χ1) is 14.2. The van der Waals surface area contributed by atoms with Crippen molar-refractivity contribution in [2.75, 3.05) is 6.61 Å². The average Bonchev–Trinajstić information content (AvgIpc) is 2.72.